The van der Waals surface area contributed by atoms with Crippen molar-refractivity contribution in [2.24, 2.45) is 0 Å². The second kappa shape index (κ2) is 41.0. The maximum absolute atomic E-state index is 16.1. The maximum Gasteiger partial charge on any atom is 0.355 e. The second-order valence-electron chi connectivity index (χ2n) is 36.5. The van der Waals surface area contributed by atoms with Crippen LogP contribution in [-0.4, -0.2) is 198 Å². The highest BCUT2D eigenvalue weighted by Gasteiger charge is 2.40. The number of halogens is 7. The Labute approximate surface area is 795 Å². The third kappa shape index (κ3) is 19.7. The number of aryl methyl sites for hydroxylation is 3. The standard InChI is InChI=1S/C35H40F2N6O3.C34H39ClN6O2.C33H33ClF3N7O3/c1-9-29(45)41-16-22(6)42(17-21(41)5)33-25-15-27(37)31(30-26(36)11-10-12-28(30)44)38-34(25)43(35(46)39-33)32-20(4)13-23(18-40(7)8)14-24(32)19(2)3;1-9-28(42)40-22(7)17-39(18-23(40)8)32-26-16-27(35)30(25-13-11-10-12-21(25)6)37-33(26)41(34(43)38-32)31-24(19(2)3)14-15-36-29(31)20(4)5;1-7-24(45)42-14-19(6)43(15-18(42)5)30-20-13-21(34)27(25-22(35)9-8-10-23(25)39-32(46)29(36)37)40-31(20)44(33(47)41-30)28-17(4)11-12-38-26(28)16(2)3/h9-15,19,21-22,44H,1,16-18H2,2-8H3;9-16,19-20,22-23H,1,17-18H2,2-8H3;7-13,16,18-19,29H,1,14-15H2,2-6H3,(H,39,46). The molecule has 15 rings (SSSR count). The number of rotatable bonds is 20. The van der Waals surface area contributed by atoms with E-state index in [1.165, 1.54) is 63.8 Å². The summed E-state index contributed by atoms with van der Waals surface area (Å²) in [5.74, 6) is -4.28. The van der Waals surface area contributed by atoms with Crippen LogP contribution in [-0.2, 0) is 25.7 Å². The summed E-state index contributed by atoms with van der Waals surface area (Å²) in [4.78, 5) is 143. The number of alkyl halides is 2. The molecule has 34 heteroatoms. The van der Waals surface area contributed by atoms with Gasteiger partial charge in [-0.15, -0.1) is 0 Å². The van der Waals surface area contributed by atoms with Crippen LogP contribution in [0.15, 0.2) is 168 Å². The number of carbonyl (C=O) groups is 4. The van der Waals surface area contributed by atoms with Gasteiger partial charge in [-0.2, -0.15) is 23.7 Å². The molecule has 0 bridgehead atoms. The molecule has 6 atom stereocenters. The van der Waals surface area contributed by atoms with E-state index in [1.807, 2.05) is 166 Å². The molecule has 3 aliphatic rings. The fourth-order valence-corrected chi connectivity index (χ4v) is 19.0. The van der Waals surface area contributed by atoms with Gasteiger partial charge in [-0.3, -0.25) is 29.1 Å². The van der Waals surface area contributed by atoms with E-state index in [1.54, 1.807) is 39.8 Å². The first-order valence-corrected chi connectivity index (χ1v) is 45.8. The monoisotopic (exact) mass is 1900 g/mol. The first-order valence-electron chi connectivity index (χ1n) is 45.1. The molecule has 6 unspecified atom stereocenters. The van der Waals surface area contributed by atoms with Gasteiger partial charge in [0.05, 0.1) is 82.9 Å². The van der Waals surface area contributed by atoms with E-state index < -0.39 is 63.9 Å². The van der Waals surface area contributed by atoms with Gasteiger partial charge in [0.15, 0.2) is 22.8 Å². The normalized spacial score (nSPS) is 16.9. The van der Waals surface area contributed by atoms with Crippen LogP contribution in [0.5, 0.6) is 5.75 Å². The largest absolute Gasteiger partial charge is 0.507 e. The number of phenolic OH excluding ortho intramolecular Hbond substituents is 1. The number of aromatic nitrogens is 11. The molecular formula is C102H112Cl2F5N19O8. The number of fused-ring (bicyclic) bond motifs is 3. The molecule has 0 aliphatic carbocycles. The molecule has 0 spiro atoms. The SMILES string of the molecule is C=CC(=O)N1C(C)CN(c2nc(=O)n(-c3c(C(C)C)ccnc3C(C)C)c3nc(-c4ccccc4C)c(Cl)cc23)CC1C.C=CC(=O)N1CC(C)N(c2nc(=O)n(-c3c(C)cc(CN(C)C)cc3C(C)C)c3nc(-c4c(O)cccc4F)c(F)cc23)CC1C.C=CC(=O)N1CC(C)N(c2nc(=O)n(-c3c(C)ccnc3C(C)C)c3nc(-c4c(F)cccc4NC(=O)C(F)F)c(Cl)cc23)CC1C. The van der Waals surface area contributed by atoms with E-state index in [4.69, 9.17) is 43.1 Å². The van der Waals surface area contributed by atoms with Crippen molar-refractivity contribution in [1.82, 2.24) is 73.2 Å². The van der Waals surface area contributed by atoms with Crippen LogP contribution in [0.4, 0.5) is 45.1 Å². The lowest BCUT2D eigenvalue weighted by Gasteiger charge is -2.44. The van der Waals surface area contributed by atoms with Crippen molar-refractivity contribution in [3.05, 3.63) is 257 Å². The van der Waals surface area contributed by atoms with Crippen LogP contribution in [0.3, 0.4) is 0 Å². The van der Waals surface area contributed by atoms with Crippen LogP contribution < -0.4 is 37.1 Å². The van der Waals surface area contributed by atoms with Crippen LogP contribution in [0, 0.1) is 38.2 Å². The number of hydrogen-bond donors (Lipinski definition) is 2. The van der Waals surface area contributed by atoms with E-state index in [0.29, 0.717) is 101 Å². The Morgan fingerprint density at radius 1 is 0.485 bits per heavy atom. The number of hydrogen-bond acceptors (Lipinski definition) is 20. The van der Waals surface area contributed by atoms with Crippen LogP contribution in [0.1, 0.15) is 165 Å². The number of piperazine rings is 3. The highest BCUT2D eigenvalue weighted by molar-refractivity contribution is 6.34. The molecule has 136 heavy (non-hydrogen) atoms. The number of nitrogens with one attached hydrogen (secondary N) is 1. The first-order chi connectivity index (χ1) is 64.4. The lowest BCUT2D eigenvalue weighted by atomic mass is 9.94. The Morgan fingerprint density at radius 3 is 1.47 bits per heavy atom. The Balaban J connectivity index is 0.000000173. The number of phenols is 1. The molecule has 27 nitrogen and oxygen atoms in total. The molecule has 11 heterocycles. The van der Waals surface area contributed by atoms with E-state index in [2.05, 4.69) is 77.2 Å². The van der Waals surface area contributed by atoms with Gasteiger partial charge >= 0.3 is 23.5 Å². The Bertz CT molecular complexity index is 6890. The van der Waals surface area contributed by atoms with Crippen LogP contribution in [0.2, 0.25) is 10.0 Å². The van der Waals surface area contributed by atoms with Crippen LogP contribution >= 0.6 is 23.2 Å². The molecule has 8 aromatic heterocycles. The summed E-state index contributed by atoms with van der Waals surface area (Å²) in [6.45, 7) is 47.3. The third-order valence-corrected chi connectivity index (χ3v) is 25.4. The number of amides is 4. The average Bonchev–Trinajstić information content (AvgIpc) is 0.723. The summed E-state index contributed by atoms with van der Waals surface area (Å²) in [5, 5.41) is 14.2. The lowest BCUT2D eigenvalue weighted by Crippen LogP contribution is -2.58. The van der Waals surface area contributed by atoms with Gasteiger partial charge in [0.2, 0.25) is 17.7 Å². The zero-order valence-corrected chi connectivity index (χ0v) is 81.1. The lowest BCUT2D eigenvalue weighted by molar-refractivity contribution is -0.131. The van der Waals surface area contributed by atoms with Crippen molar-refractivity contribution in [1.29, 1.82) is 0 Å². The van der Waals surface area contributed by atoms with Crippen molar-refractivity contribution in [3.63, 3.8) is 0 Å². The topological polar surface area (TPSA) is 292 Å². The highest BCUT2D eigenvalue weighted by Crippen LogP contribution is 2.44. The quantitative estimate of drug-likeness (QED) is 0.0529. The number of nitrogens with zero attached hydrogens (tertiary/aromatic N) is 18. The summed E-state index contributed by atoms with van der Waals surface area (Å²) in [6.07, 6.45) is 3.94. The maximum atomic E-state index is 16.1. The predicted molar refractivity (Wildman–Crippen MR) is 526 cm³/mol. The fraction of sp³-hybridized carbons (Fsp3) is 0.363. The third-order valence-electron chi connectivity index (χ3n) is 24.9. The second-order valence-corrected chi connectivity index (χ2v) is 37.3. The molecule has 4 aromatic carbocycles. The zero-order chi connectivity index (χ0) is 99.1. The van der Waals surface area contributed by atoms with Gasteiger partial charge in [-0.1, -0.05) is 147 Å². The van der Waals surface area contributed by atoms with E-state index in [0.717, 1.165) is 56.9 Å². The number of benzene rings is 4. The molecule has 3 aliphatic heterocycles. The molecule has 3 fully saturated rings. The zero-order valence-electron chi connectivity index (χ0n) is 79.6. The van der Waals surface area contributed by atoms with Crippen LogP contribution in [0.25, 0.3) is 83.9 Å². The number of pyridine rings is 5. The molecule has 0 radical (unpaired) electrons. The summed E-state index contributed by atoms with van der Waals surface area (Å²) < 4.78 is 77.4. The van der Waals surface area contributed by atoms with E-state index >= 15 is 13.2 Å². The number of carbonyl (C=O) groups excluding carboxylic acids is 4. The molecule has 0 saturated carbocycles. The highest BCUT2D eigenvalue weighted by atomic mass is 35.5. The minimum absolute atomic E-state index is 0.00989. The van der Waals surface area contributed by atoms with Gasteiger partial charge in [0, 0.05) is 100 Å². The van der Waals surface area contributed by atoms with Crippen molar-refractivity contribution in [2.75, 3.05) is 73.4 Å². The van der Waals surface area contributed by atoms with Gasteiger partial charge in [0.1, 0.15) is 40.5 Å². The number of aromatic hydroxyl groups is 1. The van der Waals surface area contributed by atoms with Gasteiger partial charge in [-0.05, 0) is 206 Å². The molecule has 3 saturated heterocycles. The molecule has 12 aromatic rings. The average molecular weight is 1900 g/mol. The Morgan fingerprint density at radius 2 is 0.956 bits per heavy atom. The van der Waals surface area contributed by atoms with Crippen molar-refractivity contribution in [2.45, 2.75) is 191 Å². The molecule has 4 amide bonds. The first kappa shape index (κ1) is 100. The number of anilines is 4. The summed E-state index contributed by atoms with van der Waals surface area (Å²) in [5.41, 5.74) is 7.20. The van der Waals surface area contributed by atoms with Crippen molar-refractivity contribution in [3.8, 4) is 56.6 Å². The van der Waals surface area contributed by atoms with Crippen molar-refractivity contribution >= 4 is 103 Å². The summed E-state index contributed by atoms with van der Waals surface area (Å²) >= 11 is 13.8. The van der Waals surface area contributed by atoms with Gasteiger partial charge in [-0.25, -0.2) is 56.2 Å². The van der Waals surface area contributed by atoms with Gasteiger partial charge in [0.25, 0.3) is 5.91 Å². The summed E-state index contributed by atoms with van der Waals surface area (Å²) in [6, 6.07) is 26.2. The minimum Gasteiger partial charge on any atom is -0.507 e. The van der Waals surface area contributed by atoms with Gasteiger partial charge < -0.3 is 44.7 Å². The Kier molecular flexibility index (Phi) is 30.1. The predicted octanol–water partition coefficient (Wildman–Crippen LogP) is 18.1. The van der Waals surface area contributed by atoms with Crippen molar-refractivity contribution < 1.29 is 46.2 Å². The molecular weight excluding hydrogens is 1790 g/mol. The van der Waals surface area contributed by atoms with E-state index in [9.17, 15) is 47.4 Å². The smallest absolute Gasteiger partial charge is 0.355 e. The minimum atomic E-state index is -3.36. The van der Waals surface area contributed by atoms with E-state index in [-0.39, 0.29) is 128 Å². The fourth-order valence-electron chi connectivity index (χ4n) is 18.5. The molecule has 2 N–H and O–H groups in total. The molecule has 712 valence electrons. The Hall–Kier alpha value is -13.5. The summed E-state index contributed by atoms with van der Waals surface area (Å²) in [7, 11) is 3.96.